The smallest absolute Gasteiger partial charge is 0.414 e. The average Bonchev–Trinajstić information content (AvgIpc) is 3.19. The zero-order valence-corrected chi connectivity index (χ0v) is 13.0. The number of nitrogens with one attached hydrogen (secondary N) is 1. The summed E-state index contributed by atoms with van der Waals surface area (Å²) in [4.78, 5) is 27.8. The van der Waals surface area contributed by atoms with Crippen LogP contribution >= 0.6 is 0 Å². The van der Waals surface area contributed by atoms with E-state index in [1.54, 1.807) is 6.07 Å². The van der Waals surface area contributed by atoms with E-state index in [9.17, 15) is 14.0 Å². The molecule has 1 fully saturated rings. The summed E-state index contributed by atoms with van der Waals surface area (Å²) in [5.41, 5.74) is 0.330. The number of carbonyl (C=O) groups is 2. The third kappa shape index (κ3) is 3.40. The van der Waals surface area contributed by atoms with Crippen LogP contribution in [0.5, 0.6) is 0 Å². The van der Waals surface area contributed by atoms with Crippen molar-refractivity contribution < 1.29 is 23.2 Å². The molecule has 1 aliphatic rings. The molecule has 1 aromatic heterocycles. The van der Waals surface area contributed by atoms with Gasteiger partial charge in [-0.15, -0.1) is 0 Å². The molecule has 1 aromatic carbocycles. The highest BCUT2D eigenvalue weighted by atomic mass is 19.1. The minimum atomic E-state index is -0.680. The number of rotatable bonds is 4. The van der Waals surface area contributed by atoms with E-state index in [4.69, 9.17) is 10.00 Å². The molecule has 1 saturated heterocycles. The molecule has 25 heavy (non-hydrogen) atoms. The summed E-state index contributed by atoms with van der Waals surface area (Å²) in [7, 11) is 0. The van der Waals surface area contributed by atoms with Crippen molar-refractivity contribution in [3.8, 4) is 17.5 Å². The molecule has 0 unspecified atom stereocenters. The second-order valence-electron chi connectivity index (χ2n) is 5.25. The lowest BCUT2D eigenvalue weighted by atomic mass is 10.1. The molecule has 9 nitrogen and oxygen atoms in total. The van der Waals surface area contributed by atoms with Crippen molar-refractivity contribution in [1.29, 1.82) is 5.26 Å². The summed E-state index contributed by atoms with van der Waals surface area (Å²) in [5, 5.41) is 14.7. The lowest BCUT2D eigenvalue weighted by molar-refractivity contribution is -0.119. The van der Waals surface area contributed by atoms with Crippen molar-refractivity contribution in [2.45, 2.75) is 13.0 Å². The van der Waals surface area contributed by atoms with Crippen molar-refractivity contribution in [3.63, 3.8) is 0 Å². The molecule has 2 aromatic rings. The third-order valence-electron chi connectivity index (χ3n) is 3.48. The highest BCUT2D eigenvalue weighted by Gasteiger charge is 2.32. The molecule has 1 N–H and O–H groups in total. The molecule has 2 amide bonds. The van der Waals surface area contributed by atoms with E-state index in [-0.39, 0.29) is 36.3 Å². The van der Waals surface area contributed by atoms with Gasteiger partial charge in [-0.1, -0.05) is 5.16 Å². The maximum atomic E-state index is 14.3. The Morgan fingerprint density at radius 2 is 2.36 bits per heavy atom. The minimum absolute atomic E-state index is 0.0383. The van der Waals surface area contributed by atoms with Gasteiger partial charge in [-0.05, 0) is 18.2 Å². The molecular formula is C15H12FN5O4. The Bertz CT molecular complexity index is 875. The molecule has 0 spiro atoms. The van der Waals surface area contributed by atoms with Gasteiger partial charge in [0.2, 0.25) is 11.7 Å². The van der Waals surface area contributed by atoms with Crippen molar-refractivity contribution >= 4 is 17.7 Å². The highest BCUT2D eigenvalue weighted by Crippen LogP contribution is 2.27. The zero-order chi connectivity index (χ0) is 18.0. The number of aromatic nitrogens is 2. The van der Waals surface area contributed by atoms with Gasteiger partial charge in [0.15, 0.2) is 6.07 Å². The van der Waals surface area contributed by atoms with Crippen molar-refractivity contribution in [3.05, 3.63) is 29.9 Å². The second kappa shape index (κ2) is 6.56. The van der Waals surface area contributed by atoms with Gasteiger partial charge in [-0.3, -0.25) is 9.69 Å². The van der Waals surface area contributed by atoms with Crippen LogP contribution in [0.25, 0.3) is 11.4 Å². The summed E-state index contributed by atoms with van der Waals surface area (Å²) in [6.45, 7) is 1.72. The first kappa shape index (κ1) is 16.4. The fraction of sp³-hybridized carbons (Fsp3) is 0.267. The van der Waals surface area contributed by atoms with Gasteiger partial charge in [0, 0.05) is 6.92 Å². The van der Waals surface area contributed by atoms with Crippen LogP contribution in [0.3, 0.4) is 0 Å². The van der Waals surface area contributed by atoms with Gasteiger partial charge in [-0.25, -0.2) is 9.18 Å². The first-order chi connectivity index (χ1) is 12.0. The number of cyclic esters (lactones) is 1. The summed E-state index contributed by atoms with van der Waals surface area (Å²) in [6.07, 6.45) is -1.15. The molecule has 128 valence electrons. The predicted octanol–water partition coefficient (Wildman–Crippen LogP) is 1.21. The monoisotopic (exact) mass is 345 g/mol. The SMILES string of the molecule is CC(=O)NC[C@H]1CN(c2ccc(-c3noc(C#N)n3)c(F)c2)C(=O)O1. The number of hydrogen-bond donors (Lipinski definition) is 1. The molecule has 1 aliphatic heterocycles. The van der Waals surface area contributed by atoms with Crippen LogP contribution in [0.1, 0.15) is 12.8 Å². The van der Waals surface area contributed by atoms with Crippen LogP contribution < -0.4 is 10.2 Å². The fourth-order valence-electron chi connectivity index (χ4n) is 2.33. The summed E-state index contributed by atoms with van der Waals surface area (Å²) < 4.78 is 24.1. The number of benzene rings is 1. The third-order valence-corrected chi connectivity index (χ3v) is 3.48. The predicted molar refractivity (Wildman–Crippen MR) is 80.7 cm³/mol. The van der Waals surface area contributed by atoms with E-state index in [1.165, 1.54) is 24.0 Å². The summed E-state index contributed by atoms with van der Waals surface area (Å²) in [6, 6.07) is 5.68. The van der Waals surface area contributed by atoms with Crippen LogP contribution in [0.4, 0.5) is 14.9 Å². The molecular weight excluding hydrogens is 333 g/mol. The molecule has 3 rings (SSSR count). The van der Waals surface area contributed by atoms with Gasteiger partial charge >= 0.3 is 12.0 Å². The Kier molecular flexibility index (Phi) is 4.30. The number of carbonyl (C=O) groups excluding carboxylic acids is 2. The van der Waals surface area contributed by atoms with Crippen molar-refractivity contribution in [2.24, 2.45) is 0 Å². The van der Waals surface area contributed by atoms with E-state index in [2.05, 4.69) is 20.0 Å². The quantitative estimate of drug-likeness (QED) is 0.884. The number of halogens is 1. The fourth-order valence-corrected chi connectivity index (χ4v) is 2.33. The topological polar surface area (TPSA) is 121 Å². The number of anilines is 1. The van der Waals surface area contributed by atoms with E-state index >= 15 is 0 Å². The molecule has 0 saturated carbocycles. The molecule has 0 radical (unpaired) electrons. The van der Waals surface area contributed by atoms with Gasteiger partial charge in [0.1, 0.15) is 11.9 Å². The number of ether oxygens (including phenoxy) is 1. The summed E-state index contributed by atoms with van der Waals surface area (Å²) >= 11 is 0. The highest BCUT2D eigenvalue weighted by molar-refractivity contribution is 5.90. The van der Waals surface area contributed by atoms with E-state index in [0.717, 1.165) is 6.07 Å². The number of nitrogens with zero attached hydrogens (tertiary/aromatic N) is 4. The number of amides is 2. The lowest BCUT2D eigenvalue weighted by Crippen LogP contribution is -2.33. The molecule has 1 atom stereocenters. The van der Waals surface area contributed by atoms with Crippen LogP contribution in [0, 0.1) is 17.1 Å². The normalized spacial score (nSPS) is 16.4. The summed E-state index contributed by atoms with van der Waals surface area (Å²) in [5.74, 6) is -1.25. The molecule has 0 aliphatic carbocycles. The largest absolute Gasteiger partial charge is 0.442 e. The minimum Gasteiger partial charge on any atom is -0.442 e. The second-order valence-corrected chi connectivity index (χ2v) is 5.25. The Morgan fingerprint density at radius 1 is 1.56 bits per heavy atom. The Balaban J connectivity index is 1.77. The average molecular weight is 345 g/mol. The van der Waals surface area contributed by atoms with Gasteiger partial charge in [0.05, 0.1) is 24.3 Å². The van der Waals surface area contributed by atoms with E-state index < -0.39 is 18.0 Å². The van der Waals surface area contributed by atoms with Gasteiger partial charge in [0.25, 0.3) is 0 Å². The lowest BCUT2D eigenvalue weighted by Gasteiger charge is -2.13. The van der Waals surface area contributed by atoms with E-state index in [0.29, 0.717) is 5.69 Å². The van der Waals surface area contributed by atoms with Gasteiger partial charge in [-0.2, -0.15) is 10.2 Å². The maximum Gasteiger partial charge on any atom is 0.414 e. The number of hydrogen-bond acceptors (Lipinski definition) is 7. The molecule has 10 heteroatoms. The first-order valence-corrected chi connectivity index (χ1v) is 7.24. The Morgan fingerprint density at radius 3 is 3.00 bits per heavy atom. The zero-order valence-electron chi connectivity index (χ0n) is 13.0. The first-order valence-electron chi connectivity index (χ1n) is 7.24. The Hall–Kier alpha value is -3.48. The van der Waals surface area contributed by atoms with Crippen molar-refractivity contribution in [1.82, 2.24) is 15.5 Å². The van der Waals surface area contributed by atoms with Crippen LogP contribution in [0.2, 0.25) is 0 Å². The molecule has 0 bridgehead atoms. The maximum absolute atomic E-state index is 14.3. The van der Waals surface area contributed by atoms with Crippen LogP contribution in [0.15, 0.2) is 22.7 Å². The van der Waals surface area contributed by atoms with Gasteiger partial charge < -0.3 is 14.6 Å². The van der Waals surface area contributed by atoms with Crippen LogP contribution in [-0.2, 0) is 9.53 Å². The molecule has 2 heterocycles. The Labute approximate surface area is 141 Å². The number of nitriles is 1. The van der Waals surface area contributed by atoms with Crippen LogP contribution in [-0.4, -0.2) is 41.3 Å². The standard InChI is InChI=1S/C15H12FN5O4/c1-8(22)18-6-10-7-21(15(23)24-10)9-2-3-11(12(16)4-9)14-19-13(5-17)25-20-14/h2-4,10H,6-7H2,1H3,(H,18,22)/t10-/m0/s1. The van der Waals surface area contributed by atoms with Crippen molar-refractivity contribution in [2.75, 3.05) is 18.0 Å². The van der Waals surface area contributed by atoms with E-state index in [1.807, 2.05) is 0 Å².